The van der Waals surface area contributed by atoms with Crippen molar-refractivity contribution in [2.45, 2.75) is 6.92 Å². The molecule has 70 valence electrons. The van der Waals surface area contributed by atoms with Gasteiger partial charge in [0.05, 0.1) is 7.11 Å². The predicted molar refractivity (Wildman–Crippen MR) is 49.9 cm³/mol. The first kappa shape index (κ1) is 9.51. The minimum Gasteiger partial charge on any atom is -0.465 e. The smallest absolute Gasteiger partial charge is 0.341 e. The van der Waals surface area contributed by atoms with Gasteiger partial charge < -0.3 is 10.1 Å². The molecule has 0 saturated heterocycles. The van der Waals surface area contributed by atoms with E-state index in [-0.39, 0.29) is 5.97 Å². The average Bonchev–Trinajstić information content (AvgIpc) is 2.16. The topological polar surface area (TPSA) is 51.2 Å². The van der Waals surface area contributed by atoms with Gasteiger partial charge in [-0.05, 0) is 18.6 Å². The lowest BCUT2D eigenvalue weighted by molar-refractivity contribution is 0.0601. The molecule has 4 heteroatoms. The van der Waals surface area contributed by atoms with Crippen LogP contribution in [0.15, 0.2) is 12.3 Å². The summed E-state index contributed by atoms with van der Waals surface area (Å²) in [5.74, 6) is 0.165. The van der Waals surface area contributed by atoms with Crippen LogP contribution in [0.2, 0.25) is 0 Å². The maximum Gasteiger partial charge on any atom is 0.341 e. The Morgan fingerprint density at radius 3 is 2.85 bits per heavy atom. The van der Waals surface area contributed by atoms with Crippen molar-refractivity contribution < 1.29 is 9.53 Å². The average molecular weight is 180 g/mol. The fourth-order valence-electron chi connectivity index (χ4n) is 1.03. The molecule has 1 N–H and O–H groups in total. The summed E-state index contributed by atoms with van der Waals surface area (Å²) >= 11 is 0. The number of esters is 1. The van der Waals surface area contributed by atoms with E-state index < -0.39 is 0 Å². The van der Waals surface area contributed by atoms with Gasteiger partial charge in [0.25, 0.3) is 0 Å². The first-order valence-corrected chi connectivity index (χ1v) is 3.91. The third-order valence-electron chi connectivity index (χ3n) is 1.67. The van der Waals surface area contributed by atoms with E-state index in [9.17, 15) is 4.79 Å². The Morgan fingerprint density at radius 1 is 1.62 bits per heavy atom. The van der Waals surface area contributed by atoms with Gasteiger partial charge in [-0.2, -0.15) is 0 Å². The fourth-order valence-corrected chi connectivity index (χ4v) is 1.03. The SMILES string of the molecule is CNc1ncc(C)cc1C(=O)OC. The highest BCUT2D eigenvalue weighted by molar-refractivity contribution is 5.94. The van der Waals surface area contributed by atoms with Crippen molar-refractivity contribution >= 4 is 11.8 Å². The molecule has 0 amide bonds. The normalized spacial score (nSPS) is 9.46. The summed E-state index contributed by atoms with van der Waals surface area (Å²) in [6.07, 6.45) is 1.69. The van der Waals surface area contributed by atoms with Gasteiger partial charge in [-0.3, -0.25) is 0 Å². The number of pyridine rings is 1. The van der Waals surface area contributed by atoms with E-state index in [1.165, 1.54) is 7.11 Å². The standard InChI is InChI=1S/C9H12N2O2/c1-6-4-7(9(12)13-3)8(10-2)11-5-6/h4-5H,1-3H3,(H,10,11). The van der Waals surface area contributed by atoms with Crippen molar-refractivity contribution in [3.8, 4) is 0 Å². The van der Waals surface area contributed by atoms with Crippen LogP contribution in [0.5, 0.6) is 0 Å². The third kappa shape index (κ3) is 1.96. The van der Waals surface area contributed by atoms with E-state index >= 15 is 0 Å². The number of nitrogens with one attached hydrogen (secondary N) is 1. The van der Waals surface area contributed by atoms with Crippen molar-refractivity contribution in [3.63, 3.8) is 0 Å². The molecule has 0 saturated carbocycles. The van der Waals surface area contributed by atoms with Gasteiger partial charge in [-0.1, -0.05) is 0 Å². The van der Waals surface area contributed by atoms with Crippen LogP contribution in [0.25, 0.3) is 0 Å². The van der Waals surface area contributed by atoms with Crippen LogP contribution in [0.1, 0.15) is 15.9 Å². The molecule has 4 nitrogen and oxygen atoms in total. The molecular weight excluding hydrogens is 168 g/mol. The van der Waals surface area contributed by atoms with Crippen LogP contribution >= 0.6 is 0 Å². The number of rotatable bonds is 2. The van der Waals surface area contributed by atoms with Crippen LogP contribution in [0, 0.1) is 6.92 Å². The molecule has 0 fully saturated rings. The minimum absolute atomic E-state index is 0.374. The minimum atomic E-state index is -0.374. The first-order valence-electron chi connectivity index (χ1n) is 3.91. The summed E-state index contributed by atoms with van der Waals surface area (Å²) in [5.41, 5.74) is 1.39. The lowest BCUT2D eigenvalue weighted by Crippen LogP contribution is -2.07. The second-order valence-electron chi connectivity index (χ2n) is 2.65. The molecule has 0 aliphatic carbocycles. The quantitative estimate of drug-likeness (QED) is 0.695. The summed E-state index contributed by atoms with van der Waals surface area (Å²) in [5, 5.41) is 2.83. The van der Waals surface area contributed by atoms with Gasteiger partial charge in [0.2, 0.25) is 0 Å². The van der Waals surface area contributed by atoms with Crippen molar-refractivity contribution in [3.05, 3.63) is 23.4 Å². The Labute approximate surface area is 76.9 Å². The molecular formula is C9H12N2O2. The van der Waals surface area contributed by atoms with Crippen molar-refractivity contribution in [2.75, 3.05) is 19.5 Å². The number of carbonyl (C=O) groups excluding carboxylic acids is 1. The van der Waals surface area contributed by atoms with E-state index in [2.05, 4.69) is 15.0 Å². The van der Waals surface area contributed by atoms with Gasteiger partial charge in [-0.25, -0.2) is 9.78 Å². The molecule has 0 unspecified atom stereocenters. The highest BCUT2D eigenvalue weighted by atomic mass is 16.5. The van der Waals surface area contributed by atoms with E-state index in [4.69, 9.17) is 0 Å². The third-order valence-corrected chi connectivity index (χ3v) is 1.67. The van der Waals surface area contributed by atoms with Crippen LogP contribution < -0.4 is 5.32 Å². The molecule has 1 heterocycles. The first-order chi connectivity index (χ1) is 6.19. The van der Waals surface area contributed by atoms with Gasteiger partial charge >= 0.3 is 5.97 Å². The number of hydrogen-bond donors (Lipinski definition) is 1. The highest BCUT2D eigenvalue weighted by Gasteiger charge is 2.11. The maximum atomic E-state index is 11.2. The summed E-state index contributed by atoms with van der Waals surface area (Å²) in [6.45, 7) is 1.87. The molecule has 1 aromatic rings. The van der Waals surface area contributed by atoms with Crippen molar-refractivity contribution in [1.29, 1.82) is 0 Å². The number of methoxy groups -OCH3 is 1. The number of aromatic nitrogens is 1. The number of anilines is 1. The van der Waals surface area contributed by atoms with Gasteiger partial charge in [0, 0.05) is 13.2 Å². The van der Waals surface area contributed by atoms with Crippen LogP contribution in [0.4, 0.5) is 5.82 Å². The van der Waals surface area contributed by atoms with E-state index in [1.807, 2.05) is 6.92 Å². The lowest BCUT2D eigenvalue weighted by Gasteiger charge is -2.06. The Balaban J connectivity index is 3.15. The Kier molecular flexibility index (Phi) is 2.84. The molecule has 0 aliphatic heterocycles. The summed E-state index contributed by atoms with van der Waals surface area (Å²) in [6, 6.07) is 1.74. The van der Waals surface area contributed by atoms with Crippen molar-refractivity contribution in [1.82, 2.24) is 4.98 Å². The number of hydrogen-bond acceptors (Lipinski definition) is 4. The second-order valence-corrected chi connectivity index (χ2v) is 2.65. The molecule has 0 bridgehead atoms. The predicted octanol–water partition coefficient (Wildman–Crippen LogP) is 1.22. The molecule has 0 spiro atoms. The lowest BCUT2D eigenvalue weighted by atomic mass is 10.2. The number of carbonyl (C=O) groups is 1. The Bertz CT molecular complexity index is 323. The molecule has 1 aromatic heterocycles. The molecule has 0 aromatic carbocycles. The van der Waals surface area contributed by atoms with Gasteiger partial charge in [0.1, 0.15) is 11.4 Å². The molecule has 13 heavy (non-hydrogen) atoms. The zero-order valence-corrected chi connectivity index (χ0v) is 7.92. The zero-order chi connectivity index (χ0) is 9.84. The summed E-state index contributed by atoms with van der Waals surface area (Å²) in [4.78, 5) is 15.3. The van der Waals surface area contributed by atoms with Gasteiger partial charge in [-0.15, -0.1) is 0 Å². The molecule has 0 radical (unpaired) electrons. The van der Waals surface area contributed by atoms with Crippen LogP contribution in [-0.2, 0) is 4.74 Å². The summed E-state index contributed by atoms with van der Waals surface area (Å²) in [7, 11) is 3.06. The zero-order valence-electron chi connectivity index (χ0n) is 7.92. The summed E-state index contributed by atoms with van der Waals surface area (Å²) < 4.78 is 4.61. The number of nitrogens with zero attached hydrogens (tertiary/aromatic N) is 1. The fraction of sp³-hybridized carbons (Fsp3) is 0.333. The largest absolute Gasteiger partial charge is 0.465 e. The highest BCUT2D eigenvalue weighted by Crippen LogP contribution is 2.13. The molecule has 1 rings (SSSR count). The van der Waals surface area contributed by atoms with E-state index in [0.29, 0.717) is 11.4 Å². The van der Waals surface area contributed by atoms with E-state index in [1.54, 1.807) is 19.3 Å². The molecule has 0 aliphatic rings. The number of ether oxygens (including phenoxy) is 1. The van der Waals surface area contributed by atoms with Gasteiger partial charge in [0.15, 0.2) is 0 Å². The van der Waals surface area contributed by atoms with Crippen LogP contribution in [0.3, 0.4) is 0 Å². The maximum absolute atomic E-state index is 11.2. The van der Waals surface area contributed by atoms with Crippen molar-refractivity contribution in [2.24, 2.45) is 0 Å². The van der Waals surface area contributed by atoms with E-state index in [0.717, 1.165) is 5.56 Å². The Morgan fingerprint density at radius 2 is 2.31 bits per heavy atom. The number of aryl methyl sites for hydroxylation is 1. The van der Waals surface area contributed by atoms with Crippen LogP contribution in [-0.4, -0.2) is 25.1 Å². The monoisotopic (exact) mass is 180 g/mol. The second kappa shape index (κ2) is 3.89. The molecule has 0 atom stereocenters. The Hall–Kier alpha value is -1.58.